The molecule has 0 radical (unpaired) electrons. The largest absolute Gasteiger partial charge is 0.493 e. The van der Waals surface area contributed by atoms with E-state index in [0.717, 1.165) is 11.7 Å². The first-order valence-corrected chi connectivity index (χ1v) is 10.6. The number of carbonyl (C=O) groups is 2. The van der Waals surface area contributed by atoms with Crippen LogP contribution in [0.2, 0.25) is 0 Å². The smallest absolute Gasteiger partial charge is 0.355 e. The second-order valence-electron chi connectivity index (χ2n) is 6.95. The Morgan fingerprint density at radius 1 is 0.882 bits per heavy atom. The Kier molecular flexibility index (Phi) is 7.35. The Morgan fingerprint density at radius 2 is 1.47 bits per heavy atom. The highest BCUT2D eigenvalue weighted by molar-refractivity contribution is 9.10. The Balaban J connectivity index is 2.63. The third-order valence-electron chi connectivity index (χ3n) is 5.17. The lowest BCUT2D eigenvalue weighted by Crippen LogP contribution is -2.30. The minimum Gasteiger partial charge on any atom is -0.493 e. The van der Waals surface area contributed by atoms with Gasteiger partial charge in [0.05, 0.1) is 45.4 Å². The van der Waals surface area contributed by atoms with E-state index in [9.17, 15) is 19.5 Å². The summed E-state index contributed by atoms with van der Waals surface area (Å²) >= 11 is 3.43. The molecule has 0 aliphatic heterocycles. The molecule has 3 aromatic rings. The molecule has 0 saturated heterocycles. The molecule has 0 unspecified atom stereocenters. The summed E-state index contributed by atoms with van der Waals surface area (Å²) in [6, 6.07) is 6.26. The molecule has 11 heteroatoms. The van der Waals surface area contributed by atoms with Crippen LogP contribution in [0.25, 0.3) is 21.9 Å². The van der Waals surface area contributed by atoms with E-state index in [-0.39, 0.29) is 22.4 Å². The van der Waals surface area contributed by atoms with Gasteiger partial charge < -0.3 is 28.8 Å². The quantitative estimate of drug-likeness (QED) is 0.432. The summed E-state index contributed by atoms with van der Waals surface area (Å²) in [6.45, 7) is -0.769. The van der Waals surface area contributed by atoms with Crippen LogP contribution < -0.4 is 24.5 Å². The molecule has 0 amide bonds. The number of carbonyl (C=O) groups excluding carboxylic acids is 1. The van der Waals surface area contributed by atoms with E-state index in [1.807, 2.05) is 0 Å². The van der Waals surface area contributed by atoms with Crippen LogP contribution in [-0.4, -0.2) is 57.2 Å². The fraction of sp³-hybridized carbons (Fsp3) is 0.261. The van der Waals surface area contributed by atoms with Crippen molar-refractivity contribution in [3.8, 4) is 34.1 Å². The Hall–Kier alpha value is -3.73. The molecule has 10 nitrogen and oxygen atoms in total. The van der Waals surface area contributed by atoms with Crippen LogP contribution in [0.1, 0.15) is 10.5 Å². The van der Waals surface area contributed by atoms with Gasteiger partial charge in [0.2, 0.25) is 0 Å². The van der Waals surface area contributed by atoms with Gasteiger partial charge in [0.1, 0.15) is 12.2 Å². The van der Waals surface area contributed by atoms with Gasteiger partial charge in [-0.05, 0) is 45.8 Å². The topological polar surface area (TPSA) is 123 Å². The molecule has 0 bridgehead atoms. The predicted molar refractivity (Wildman–Crippen MR) is 127 cm³/mol. The summed E-state index contributed by atoms with van der Waals surface area (Å²) in [4.78, 5) is 38.0. The zero-order valence-corrected chi connectivity index (χ0v) is 20.6. The monoisotopic (exact) mass is 535 g/mol. The minimum absolute atomic E-state index is 0.118. The van der Waals surface area contributed by atoms with Crippen LogP contribution in [0.4, 0.5) is 0 Å². The fourth-order valence-electron chi connectivity index (χ4n) is 3.72. The maximum atomic E-state index is 13.4. The van der Waals surface area contributed by atoms with Crippen molar-refractivity contribution in [2.45, 2.75) is 6.54 Å². The minimum atomic E-state index is -1.31. The van der Waals surface area contributed by atoms with Crippen LogP contribution in [-0.2, 0) is 16.1 Å². The highest BCUT2D eigenvalue weighted by Crippen LogP contribution is 2.43. The van der Waals surface area contributed by atoms with E-state index in [0.29, 0.717) is 32.7 Å². The molecule has 2 aromatic carbocycles. The normalized spacial score (nSPS) is 10.6. The van der Waals surface area contributed by atoms with E-state index in [2.05, 4.69) is 15.9 Å². The van der Waals surface area contributed by atoms with Crippen molar-refractivity contribution in [1.29, 1.82) is 0 Å². The second-order valence-corrected chi connectivity index (χ2v) is 7.80. The molecular formula is C23H22BrNO9. The Bertz CT molecular complexity index is 1350. The average Bonchev–Trinajstić information content (AvgIpc) is 2.83. The van der Waals surface area contributed by atoms with Gasteiger partial charge in [-0.3, -0.25) is 14.2 Å². The van der Waals surface area contributed by atoms with E-state index < -0.39 is 24.0 Å². The van der Waals surface area contributed by atoms with Crippen molar-refractivity contribution in [1.82, 2.24) is 4.57 Å². The lowest BCUT2D eigenvalue weighted by Gasteiger charge is -2.20. The molecule has 0 spiro atoms. The van der Waals surface area contributed by atoms with Gasteiger partial charge >= 0.3 is 11.9 Å². The number of methoxy groups -OCH3 is 5. The molecule has 1 aromatic heterocycles. The number of hydrogen-bond acceptors (Lipinski definition) is 8. The summed E-state index contributed by atoms with van der Waals surface area (Å²) < 4.78 is 27.9. The number of aliphatic carboxylic acids is 1. The van der Waals surface area contributed by atoms with Crippen LogP contribution in [0.3, 0.4) is 0 Å². The van der Waals surface area contributed by atoms with Crippen molar-refractivity contribution in [2.75, 3.05) is 35.5 Å². The number of benzene rings is 2. The molecule has 0 atom stereocenters. The van der Waals surface area contributed by atoms with Gasteiger partial charge in [0, 0.05) is 10.9 Å². The average molecular weight is 536 g/mol. The van der Waals surface area contributed by atoms with Crippen molar-refractivity contribution in [3.05, 3.63) is 44.8 Å². The molecule has 0 fully saturated rings. The summed E-state index contributed by atoms with van der Waals surface area (Å²) in [5, 5.41) is 9.92. The Morgan fingerprint density at radius 3 is 1.97 bits per heavy atom. The number of carboxylic acid groups (broad SMARTS) is 1. The fourth-order valence-corrected chi connectivity index (χ4v) is 4.33. The number of halogens is 1. The SMILES string of the molecule is COC(=O)c1c(-c2cc(Br)c(OC)c(OC)c2)c2cc(OC)c(OC)cc2c(=O)n1CC(=O)O. The zero-order chi connectivity index (χ0) is 25.2. The van der Waals surface area contributed by atoms with Crippen molar-refractivity contribution in [2.24, 2.45) is 0 Å². The molecule has 34 heavy (non-hydrogen) atoms. The van der Waals surface area contributed by atoms with Gasteiger partial charge in [0.25, 0.3) is 5.56 Å². The van der Waals surface area contributed by atoms with Crippen LogP contribution in [0.5, 0.6) is 23.0 Å². The molecule has 0 saturated carbocycles. The number of carboxylic acids is 1. The first-order chi connectivity index (χ1) is 16.2. The number of rotatable bonds is 8. The van der Waals surface area contributed by atoms with E-state index in [4.69, 9.17) is 23.7 Å². The van der Waals surface area contributed by atoms with Crippen molar-refractivity contribution in [3.63, 3.8) is 0 Å². The number of nitrogens with zero attached hydrogens (tertiary/aromatic N) is 1. The number of aromatic nitrogens is 1. The third kappa shape index (κ3) is 4.26. The van der Waals surface area contributed by atoms with E-state index in [1.165, 1.54) is 34.5 Å². The predicted octanol–water partition coefficient (Wildman–Crippen LogP) is 3.34. The molecule has 1 heterocycles. The van der Waals surface area contributed by atoms with Gasteiger partial charge in [-0.15, -0.1) is 0 Å². The number of ether oxygens (including phenoxy) is 5. The molecule has 1 N–H and O–H groups in total. The third-order valence-corrected chi connectivity index (χ3v) is 5.76. The van der Waals surface area contributed by atoms with Crippen molar-refractivity contribution < 1.29 is 38.4 Å². The van der Waals surface area contributed by atoms with Gasteiger partial charge in [-0.25, -0.2) is 4.79 Å². The summed E-state index contributed by atoms with van der Waals surface area (Å²) in [6.07, 6.45) is 0. The number of esters is 1. The summed E-state index contributed by atoms with van der Waals surface area (Å²) in [7, 11) is 6.91. The number of fused-ring (bicyclic) bond motifs is 1. The summed E-state index contributed by atoms with van der Waals surface area (Å²) in [5.74, 6) is -0.885. The molecule has 0 aliphatic carbocycles. The number of pyridine rings is 1. The molecule has 0 aliphatic rings. The highest BCUT2D eigenvalue weighted by atomic mass is 79.9. The maximum absolute atomic E-state index is 13.4. The standard InChI is InChI=1S/C23H22BrNO9/c1-30-15-8-12-13(9-16(15)31-2)22(28)25(10-18(26)27)20(23(29)34-5)19(12)11-6-14(24)21(33-4)17(7-11)32-3/h6-9H,10H2,1-5H3,(H,26,27). The zero-order valence-electron chi connectivity index (χ0n) is 19.1. The summed E-state index contributed by atoms with van der Waals surface area (Å²) in [5.41, 5.74) is -0.276. The Labute approximate surface area is 202 Å². The second kappa shape index (κ2) is 10.0. The van der Waals surface area contributed by atoms with Crippen LogP contribution in [0, 0.1) is 0 Å². The first-order valence-electron chi connectivity index (χ1n) is 9.76. The number of hydrogen-bond donors (Lipinski definition) is 1. The molecule has 3 rings (SSSR count). The molecule has 180 valence electrons. The van der Waals surface area contributed by atoms with Crippen LogP contribution in [0.15, 0.2) is 33.5 Å². The maximum Gasteiger partial charge on any atom is 0.355 e. The lowest BCUT2D eigenvalue weighted by atomic mass is 9.95. The van der Waals surface area contributed by atoms with Crippen LogP contribution >= 0.6 is 15.9 Å². The highest BCUT2D eigenvalue weighted by Gasteiger charge is 2.27. The van der Waals surface area contributed by atoms with Gasteiger partial charge in [0.15, 0.2) is 23.0 Å². The first kappa shape index (κ1) is 24.9. The van der Waals surface area contributed by atoms with Crippen molar-refractivity contribution >= 4 is 38.6 Å². The van der Waals surface area contributed by atoms with E-state index in [1.54, 1.807) is 18.2 Å². The van der Waals surface area contributed by atoms with E-state index >= 15 is 0 Å². The van der Waals surface area contributed by atoms with Gasteiger partial charge in [-0.1, -0.05) is 0 Å². The van der Waals surface area contributed by atoms with Gasteiger partial charge in [-0.2, -0.15) is 0 Å². The lowest BCUT2D eigenvalue weighted by molar-refractivity contribution is -0.137. The molecular weight excluding hydrogens is 514 g/mol.